The molecular formula is C18H32IN5OS. The lowest BCUT2D eigenvalue weighted by molar-refractivity contribution is -0.121. The van der Waals surface area contributed by atoms with Gasteiger partial charge in [-0.25, -0.2) is 4.98 Å². The summed E-state index contributed by atoms with van der Waals surface area (Å²) in [5.74, 6) is 1.54. The van der Waals surface area contributed by atoms with Crippen LogP contribution in [0.2, 0.25) is 0 Å². The number of guanidine groups is 1. The first-order valence-corrected chi connectivity index (χ1v) is 9.82. The van der Waals surface area contributed by atoms with Crippen LogP contribution >= 0.6 is 35.3 Å². The molecule has 0 aromatic carbocycles. The number of nitrogens with one attached hydrogen (secondary N) is 2. The minimum atomic E-state index is 0. The molecule has 148 valence electrons. The molecule has 0 saturated carbocycles. The predicted octanol–water partition coefficient (Wildman–Crippen LogP) is 2.98. The maximum absolute atomic E-state index is 11.5. The molecule has 8 heteroatoms. The average molecular weight is 493 g/mol. The van der Waals surface area contributed by atoms with Gasteiger partial charge in [-0.2, -0.15) is 0 Å². The smallest absolute Gasteiger partial charge is 0.220 e. The predicted molar refractivity (Wildman–Crippen MR) is 119 cm³/mol. The molecule has 1 amide bonds. The number of aromatic nitrogens is 1. The zero-order valence-electron chi connectivity index (χ0n) is 16.5. The second kappa shape index (κ2) is 10.4. The van der Waals surface area contributed by atoms with Crippen molar-refractivity contribution in [3.05, 3.63) is 16.1 Å². The van der Waals surface area contributed by atoms with Gasteiger partial charge in [0, 0.05) is 44.4 Å². The van der Waals surface area contributed by atoms with E-state index in [9.17, 15) is 4.79 Å². The van der Waals surface area contributed by atoms with Gasteiger partial charge in [0.1, 0.15) is 5.01 Å². The van der Waals surface area contributed by atoms with E-state index in [1.807, 2.05) is 7.05 Å². The van der Waals surface area contributed by atoms with Gasteiger partial charge in [-0.05, 0) is 18.8 Å². The van der Waals surface area contributed by atoms with E-state index in [1.54, 1.807) is 18.4 Å². The van der Waals surface area contributed by atoms with E-state index in [-0.39, 0.29) is 35.3 Å². The summed E-state index contributed by atoms with van der Waals surface area (Å²) < 4.78 is 0. The minimum absolute atomic E-state index is 0. The molecule has 1 aliphatic rings. The van der Waals surface area contributed by atoms with Gasteiger partial charge < -0.3 is 15.5 Å². The number of hydrogen-bond donors (Lipinski definition) is 2. The molecule has 0 atom stereocenters. The van der Waals surface area contributed by atoms with E-state index in [4.69, 9.17) is 4.98 Å². The number of aliphatic imine (C=N–C) groups is 1. The highest BCUT2D eigenvalue weighted by atomic mass is 127. The highest BCUT2D eigenvalue weighted by molar-refractivity contribution is 14.0. The third-order valence-electron chi connectivity index (χ3n) is 4.60. The minimum Gasteiger partial charge on any atom is -0.359 e. The molecule has 1 saturated heterocycles. The van der Waals surface area contributed by atoms with E-state index in [2.05, 4.69) is 46.7 Å². The number of rotatable bonds is 4. The number of hydrogen-bond acceptors (Lipinski definition) is 4. The second-order valence-corrected chi connectivity index (χ2v) is 8.53. The molecule has 2 heterocycles. The summed E-state index contributed by atoms with van der Waals surface area (Å²) in [5.41, 5.74) is 1.22. The number of carbonyl (C=O) groups is 1. The fourth-order valence-electron chi connectivity index (χ4n) is 2.94. The summed E-state index contributed by atoms with van der Waals surface area (Å²) in [6.45, 7) is 9.12. The van der Waals surface area contributed by atoms with Crippen molar-refractivity contribution in [3.63, 3.8) is 0 Å². The van der Waals surface area contributed by atoms with Crippen LogP contribution in [0.5, 0.6) is 0 Å². The summed E-state index contributed by atoms with van der Waals surface area (Å²) in [6.07, 6.45) is 2.68. The molecule has 1 aromatic rings. The number of thiazole rings is 1. The Hall–Kier alpha value is -0.900. The Balaban J connectivity index is 0.00000338. The van der Waals surface area contributed by atoms with Crippen LogP contribution in [-0.4, -0.2) is 48.9 Å². The standard InChI is InChI=1S/C18H31N5OS.HI/c1-18(2,3)14-12-25-16(22-14)11-21-17(20-5)23-8-6-13(7-9-23)10-15(24)19-4;/h12-13H,6-11H2,1-5H3,(H,19,24)(H,20,21);1H. The van der Waals surface area contributed by atoms with Crippen molar-refractivity contribution in [1.29, 1.82) is 0 Å². The van der Waals surface area contributed by atoms with Gasteiger partial charge >= 0.3 is 0 Å². The van der Waals surface area contributed by atoms with Crippen LogP contribution < -0.4 is 10.6 Å². The van der Waals surface area contributed by atoms with Crippen LogP contribution in [0.25, 0.3) is 0 Å². The molecular weight excluding hydrogens is 461 g/mol. The van der Waals surface area contributed by atoms with Crippen LogP contribution in [0.4, 0.5) is 0 Å². The largest absolute Gasteiger partial charge is 0.359 e. The van der Waals surface area contributed by atoms with Gasteiger partial charge in [-0.3, -0.25) is 9.79 Å². The van der Waals surface area contributed by atoms with Gasteiger partial charge in [0.15, 0.2) is 5.96 Å². The summed E-state index contributed by atoms with van der Waals surface area (Å²) >= 11 is 1.69. The highest BCUT2D eigenvalue weighted by Crippen LogP contribution is 2.24. The number of piperidine rings is 1. The monoisotopic (exact) mass is 493 g/mol. The first-order chi connectivity index (χ1) is 11.8. The van der Waals surface area contributed by atoms with Crippen molar-refractivity contribution in [2.45, 2.75) is 52.0 Å². The lowest BCUT2D eigenvalue weighted by atomic mass is 9.93. The van der Waals surface area contributed by atoms with Gasteiger partial charge in [0.05, 0.1) is 12.2 Å². The number of halogens is 1. The first-order valence-electron chi connectivity index (χ1n) is 8.94. The Morgan fingerprint density at radius 1 is 1.38 bits per heavy atom. The summed E-state index contributed by atoms with van der Waals surface area (Å²) in [4.78, 5) is 22.9. The Bertz CT molecular complexity index is 603. The van der Waals surface area contributed by atoms with Gasteiger partial charge in [0.2, 0.25) is 5.91 Å². The van der Waals surface area contributed by atoms with Gasteiger partial charge in [-0.15, -0.1) is 35.3 Å². The third kappa shape index (κ3) is 6.68. The van der Waals surface area contributed by atoms with E-state index < -0.39 is 0 Å². The van der Waals surface area contributed by atoms with E-state index in [1.165, 1.54) is 0 Å². The van der Waals surface area contributed by atoms with Gasteiger partial charge in [-0.1, -0.05) is 20.8 Å². The van der Waals surface area contributed by atoms with Crippen molar-refractivity contribution in [1.82, 2.24) is 20.5 Å². The number of nitrogens with zero attached hydrogens (tertiary/aromatic N) is 3. The van der Waals surface area contributed by atoms with Crippen LogP contribution in [0.15, 0.2) is 10.4 Å². The second-order valence-electron chi connectivity index (χ2n) is 7.58. The number of carbonyl (C=O) groups excluding carboxylic acids is 1. The molecule has 1 fully saturated rings. The van der Waals surface area contributed by atoms with Crippen molar-refractivity contribution in [2.24, 2.45) is 10.9 Å². The molecule has 0 bridgehead atoms. The Kier molecular flexibility index (Phi) is 9.29. The van der Waals surface area contributed by atoms with E-state index >= 15 is 0 Å². The lowest BCUT2D eigenvalue weighted by Crippen LogP contribution is -2.45. The zero-order valence-corrected chi connectivity index (χ0v) is 19.6. The average Bonchev–Trinajstić information content (AvgIpc) is 3.06. The van der Waals surface area contributed by atoms with Gasteiger partial charge in [0.25, 0.3) is 0 Å². The molecule has 26 heavy (non-hydrogen) atoms. The van der Waals surface area contributed by atoms with E-state index in [0.717, 1.165) is 42.6 Å². The van der Waals surface area contributed by atoms with Crippen molar-refractivity contribution in [3.8, 4) is 0 Å². The van der Waals surface area contributed by atoms with Crippen LogP contribution in [-0.2, 0) is 16.8 Å². The van der Waals surface area contributed by atoms with Crippen LogP contribution in [0, 0.1) is 5.92 Å². The lowest BCUT2D eigenvalue weighted by Gasteiger charge is -2.33. The van der Waals surface area contributed by atoms with Crippen LogP contribution in [0.1, 0.15) is 50.7 Å². The van der Waals surface area contributed by atoms with Crippen molar-refractivity contribution >= 4 is 47.2 Å². The first kappa shape index (κ1) is 23.1. The summed E-state index contributed by atoms with van der Waals surface area (Å²) in [5, 5.41) is 9.37. The molecule has 0 unspecified atom stereocenters. The quantitative estimate of drug-likeness (QED) is 0.385. The molecule has 1 aromatic heterocycles. The Morgan fingerprint density at radius 3 is 2.54 bits per heavy atom. The Morgan fingerprint density at radius 2 is 2.04 bits per heavy atom. The molecule has 2 N–H and O–H groups in total. The SMILES string of the molecule is CN=C(NCc1nc(C(C)(C)C)cs1)N1CCC(CC(=O)NC)CC1.I. The molecule has 2 rings (SSSR count). The molecule has 6 nitrogen and oxygen atoms in total. The van der Waals surface area contributed by atoms with E-state index in [0.29, 0.717) is 18.9 Å². The Labute approximate surface area is 178 Å². The summed E-state index contributed by atoms with van der Waals surface area (Å²) in [6, 6.07) is 0. The maximum Gasteiger partial charge on any atom is 0.220 e. The third-order valence-corrected chi connectivity index (χ3v) is 5.45. The zero-order chi connectivity index (χ0) is 18.4. The summed E-state index contributed by atoms with van der Waals surface area (Å²) in [7, 11) is 3.52. The fraction of sp³-hybridized carbons (Fsp3) is 0.722. The molecule has 1 aliphatic heterocycles. The topological polar surface area (TPSA) is 69.6 Å². The molecule has 0 radical (unpaired) electrons. The number of likely N-dealkylation sites (tertiary alicyclic amines) is 1. The fourth-order valence-corrected chi connectivity index (χ4v) is 3.90. The van der Waals surface area contributed by atoms with Crippen molar-refractivity contribution < 1.29 is 4.79 Å². The molecule has 0 aliphatic carbocycles. The maximum atomic E-state index is 11.5. The number of amides is 1. The molecule has 0 spiro atoms. The normalized spacial score (nSPS) is 16.2. The van der Waals surface area contributed by atoms with Crippen molar-refractivity contribution in [2.75, 3.05) is 27.2 Å². The highest BCUT2D eigenvalue weighted by Gasteiger charge is 2.23. The van der Waals surface area contributed by atoms with Crippen LogP contribution in [0.3, 0.4) is 0 Å².